The smallest absolute Gasteiger partial charge is 0.153 e. The third-order valence-corrected chi connectivity index (χ3v) is 4.41. The number of nitrogens with zero attached hydrogens (tertiary/aromatic N) is 2. The van der Waals surface area contributed by atoms with Crippen molar-refractivity contribution in [2.24, 2.45) is 17.8 Å². The van der Waals surface area contributed by atoms with Crippen molar-refractivity contribution in [2.45, 2.75) is 51.9 Å². The minimum absolute atomic E-state index is 0.435. The molecule has 2 bridgehead atoms. The number of nitrogens with one attached hydrogen (secondary N) is 1. The molecule has 0 amide bonds. The second-order valence-corrected chi connectivity index (χ2v) is 5.93. The van der Waals surface area contributed by atoms with Gasteiger partial charge in [-0.05, 0) is 37.0 Å². The summed E-state index contributed by atoms with van der Waals surface area (Å²) in [6.07, 6.45) is 6.98. The molecule has 0 radical (unpaired) electrons. The van der Waals surface area contributed by atoms with Gasteiger partial charge in [-0.25, -0.2) is 4.98 Å². The fourth-order valence-corrected chi connectivity index (χ4v) is 3.53. The van der Waals surface area contributed by atoms with Gasteiger partial charge >= 0.3 is 0 Å². The van der Waals surface area contributed by atoms with Crippen molar-refractivity contribution in [3.8, 4) is 0 Å². The highest BCUT2D eigenvalue weighted by Gasteiger charge is 2.39. The van der Waals surface area contributed by atoms with Crippen LogP contribution in [0.3, 0.4) is 0 Å². The van der Waals surface area contributed by atoms with E-state index < -0.39 is 0 Å². The van der Waals surface area contributed by atoms with Crippen molar-refractivity contribution in [2.75, 3.05) is 0 Å². The van der Waals surface area contributed by atoms with Crippen LogP contribution in [0.1, 0.15) is 57.1 Å². The molecular formula is C13H21N3. The molecule has 3 rings (SSSR count). The SMILES string of the molecule is CC(C)c1n[nH]c(CC2CC3CCC2C3)n1. The average Bonchev–Trinajstić information content (AvgIpc) is 2.91. The zero-order valence-corrected chi connectivity index (χ0v) is 10.2. The Kier molecular flexibility index (Phi) is 2.49. The summed E-state index contributed by atoms with van der Waals surface area (Å²) in [5, 5.41) is 7.40. The van der Waals surface area contributed by atoms with Crippen LogP contribution in [-0.4, -0.2) is 15.2 Å². The highest BCUT2D eigenvalue weighted by Crippen LogP contribution is 2.49. The Hall–Kier alpha value is -0.860. The van der Waals surface area contributed by atoms with Gasteiger partial charge in [-0.3, -0.25) is 5.10 Å². The molecule has 3 nitrogen and oxygen atoms in total. The summed E-state index contributed by atoms with van der Waals surface area (Å²) in [6, 6.07) is 0. The molecule has 0 spiro atoms. The number of hydrogen-bond donors (Lipinski definition) is 1. The third-order valence-electron chi connectivity index (χ3n) is 4.41. The maximum absolute atomic E-state index is 4.59. The molecule has 3 atom stereocenters. The van der Waals surface area contributed by atoms with Crippen LogP contribution < -0.4 is 0 Å². The van der Waals surface area contributed by atoms with Crippen molar-refractivity contribution in [1.29, 1.82) is 0 Å². The lowest BCUT2D eigenvalue weighted by atomic mass is 9.86. The first-order valence-corrected chi connectivity index (χ1v) is 6.63. The largest absolute Gasteiger partial charge is 0.263 e. The molecule has 3 unspecified atom stereocenters. The summed E-state index contributed by atoms with van der Waals surface area (Å²) in [5.41, 5.74) is 0. The Morgan fingerprint density at radius 1 is 1.31 bits per heavy atom. The van der Waals surface area contributed by atoms with Gasteiger partial charge in [-0.1, -0.05) is 20.3 Å². The van der Waals surface area contributed by atoms with E-state index in [-0.39, 0.29) is 0 Å². The van der Waals surface area contributed by atoms with Crippen LogP contribution in [0, 0.1) is 17.8 Å². The summed E-state index contributed by atoms with van der Waals surface area (Å²) in [7, 11) is 0. The van der Waals surface area contributed by atoms with Gasteiger partial charge in [0.05, 0.1) is 0 Å². The van der Waals surface area contributed by atoms with Gasteiger partial charge in [-0.2, -0.15) is 5.10 Å². The van der Waals surface area contributed by atoms with E-state index in [0.29, 0.717) is 5.92 Å². The highest BCUT2D eigenvalue weighted by molar-refractivity contribution is 4.99. The highest BCUT2D eigenvalue weighted by atomic mass is 15.2. The molecule has 0 saturated heterocycles. The summed E-state index contributed by atoms with van der Waals surface area (Å²) in [4.78, 5) is 4.59. The third kappa shape index (κ3) is 1.76. The summed E-state index contributed by atoms with van der Waals surface area (Å²) >= 11 is 0. The number of hydrogen-bond acceptors (Lipinski definition) is 2. The van der Waals surface area contributed by atoms with Crippen molar-refractivity contribution in [3.05, 3.63) is 11.6 Å². The maximum Gasteiger partial charge on any atom is 0.153 e. The van der Waals surface area contributed by atoms with E-state index in [9.17, 15) is 0 Å². The number of rotatable bonds is 3. The van der Waals surface area contributed by atoms with Crippen LogP contribution in [0.25, 0.3) is 0 Å². The normalized spacial score (nSPS) is 32.8. The minimum Gasteiger partial charge on any atom is -0.263 e. The number of aromatic amines is 1. The van der Waals surface area contributed by atoms with E-state index in [4.69, 9.17) is 0 Å². The molecule has 88 valence electrons. The van der Waals surface area contributed by atoms with Gasteiger partial charge in [0.2, 0.25) is 0 Å². The van der Waals surface area contributed by atoms with Gasteiger partial charge in [0, 0.05) is 12.3 Å². The van der Waals surface area contributed by atoms with Gasteiger partial charge in [0.25, 0.3) is 0 Å². The molecule has 2 aliphatic carbocycles. The molecule has 16 heavy (non-hydrogen) atoms. The number of fused-ring (bicyclic) bond motifs is 2. The molecule has 1 heterocycles. The van der Waals surface area contributed by atoms with Gasteiger partial charge in [-0.15, -0.1) is 0 Å². The van der Waals surface area contributed by atoms with Crippen molar-refractivity contribution >= 4 is 0 Å². The predicted molar refractivity (Wildman–Crippen MR) is 63.1 cm³/mol. The lowest BCUT2D eigenvalue weighted by Crippen LogP contribution is -2.13. The van der Waals surface area contributed by atoms with E-state index in [0.717, 1.165) is 35.8 Å². The Balaban J connectivity index is 1.65. The predicted octanol–water partition coefficient (Wildman–Crippen LogP) is 2.91. The molecule has 2 fully saturated rings. The number of aromatic nitrogens is 3. The van der Waals surface area contributed by atoms with Crippen LogP contribution >= 0.6 is 0 Å². The first kappa shape index (κ1) is 10.3. The van der Waals surface area contributed by atoms with Crippen LogP contribution in [0.2, 0.25) is 0 Å². The summed E-state index contributed by atoms with van der Waals surface area (Å²) in [5.74, 6) is 5.41. The van der Waals surface area contributed by atoms with Crippen molar-refractivity contribution < 1.29 is 0 Å². The van der Waals surface area contributed by atoms with Crippen LogP contribution in [0.4, 0.5) is 0 Å². The average molecular weight is 219 g/mol. The van der Waals surface area contributed by atoms with E-state index in [1.54, 1.807) is 0 Å². The lowest BCUT2D eigenvalue weighted by molar-refractivity contribution is 0.327. The molecule has 0 aliphatic heterocycles. The molecule has 0 aromatic carbocycles. The lowest BCUT2D eigenvalue weighted by Gasteiger charge is -2.19. The molecular weight excluding hydrogens is 198 g/mol. The number of H-pyrrole nitrogens is 1. The molecule has 2 aliphatic rings. The van der Waals surface area contributed by atoms with E-state index in [1.165, 1.54) is 25.7 Å². The Morgan fingerprint density at radius 2 is 2.19 bits per heavy atom. The molecule has 3 heteroatoms. The monoisotopic (exact) mass is 219 g/mol. The summed E-state index contributed by atoms with van der Waals surface area (Å²) < 4.78 is 0. The van der Waals surface area contributed by atoms with Crippen LogP contribution in [0.15, 0.2) is 0 Å². The van der Waals surface area contributed by atoms with E-state index >= 15 is 0 Å². The molecule has 1 N–H and O–H groups in total. The van der Waals surface area contributed by atoms with Crippen molar-refractivity contribution in [3.63, 3.8) is 0 Å². The van der Waals surface area contributed by atoms with Gasteiger partial charge in [0.1, 0.15) is 5.82 Å². The Bertz CT molecular complexity index is 369. The van der Waals surface area contributed by atoms with Crippen molar-refractivity contribution in [1.82, 2.24) is 15.2 Å². The molecule has 1 aromatic rings. The molecule has 2 saturated carbocycles. The first-order valence-electron chi connectivity index (χ1n) is 6.63. The maximum atomic E-state index is 4.59. The zero-order chi connectivity index (χ0) is 11.1. The molecule has 1 aromatic heterocycles. The Labute approximate surface area is 97.1 Å². The van der Waals surface area contributed by atoms with E-state index in [2.05, 4.69) is 29.0 Å². The fraction of sp³-hybridized carbons (Fsp3) is 0.846. The quantitative estimate of drug-likeness (QED) is 0.849. The van der Waals surface area contributed by atoms with Gasteiger partial charge in [0.15, 0.2) is 5.82 Å². The minimum atomic E-state index is 0.435. The zero-order valence-electron chi connectivity index (χ0n) is 10.2. The van der Waals surface area contributed by atoms with Crippen LogP contribution in [0.5, 0.6) is 0 Å². The topological polar surface area (TPSA) is 41.6 Å². The van der Waals surface area contributed by atoms with E-state index in [1.807, 2.05) is 0 Å². The van der Waals surface area contributed by atoms with Gasteiger partial charge < -0.3 is 0 Å². The second-order valence-electron chi connectivity index (χ2n) is 5.93. The Morgan fingerprint density at radius 3 is 2.75 bits per heavy atom. The second kappa shape index (κ2) is 3.86. The first-order chi connectivity index (χ1) is 7.72. The summed E-state index contributed by atoms with van der Waals surface area (Å²) in [6.45, 7) is 4.29. The van der Waals surface area contributed by atoms with Crippen LogP contribution in [-0.2, 0) is 6.42 Å². The standard InChI is InChI=1S/C13H21N3/c1-8(2)13-14-12(15-16-13)7-11-6-9-3-4-10(11)5-9/h8-11H,3-7H2,1-2H3,(H,14,15,16). The fourth-order valence-electron chi connectivity index (χ4n) is 3.53.